The number of hydrogen-bond donors (Lipinski definition) is 0. The lowest BCUT2D eigenvalue weighted by Gasteiger charge is -2.30. The largest absolute Gasteiger partial charge is 0.485 e. The van der Waals surface area contributed by atoms with Gasteiger partial charge in [-0.2, -0.15) is 11.3 Å². The fourth-order valence-corrected chi connectivity index (χ4v) is 3.51. The molecule has 4 rings (SSSR count). The van der Waals surface area contributed by atoms with Crippen molar-refractivity contribution in [3.63, 3.8) is 0 Å². The number of rotatable bonds is 5. The molecular weight excluding hydrogens is 348 g/mol. The van der Waals surface area contributed by atoms with E-state index in [0.717, 1.165) is 11.3 Å². The Kier molecular flexibility index (Phi) is 4.84. The molecule has 1 aromatic carbocycles. The van der Waals surface area contributed by atoms with Crippen molar-refractivity contribution in [1.29, 1.82) is 0 Å². The van der Waals surface area contributed by atoms with Crippen molar-refractivity contribution >= 4 is 17.2 Å². The Labute approximate surface area is 155 Å². The summed E-state index contributed by atoms with van der Waals surface area (Å²) in [5.41, 5.74) is 1.93. The summed E-state index contributed by atoms with van der Waals surface area (Å²) < 4.78 is 11.6. The van der Waals surface area contributed by atoms with Gasteiger partial charge in [0.2, 0.25) is 6.10 Å². The van der Waals surface area contributed by atoms with Crippen LogP contribution >= 0.6 is 11.3 Å². The highest BCUT2D eigenvalue weighted by Crippen LogP contribution is 2.31. The minimum Gasteiger partial charge on any atom is -0.485 e. The van der Waals surface area contributed by atoms with Crippen LogP contribution in [-0.4, -0.2) is 28.5 Å². The monoisotopic (exact) mass is 366 g/mol. The number of thiophene rings is 1. The number of amides is 1. The number of pyridine rings is 1. The highest BCUT2D eigenvalue weighted by atomic mass is 32.1. The van der Waals surface area contributed by atoms with Crippen LogP contribution in [0.1, 0.15) is 11.3 Å². The van der Waals surface area contributed by atoms with Gasteiger partial charge in [0.05, 0.1) is 12.2 Å². The lowest BCUT2D eigenvalue weighted by molar-refractivity contribution is -0.142. The molecule has 5 nitrogen and oxygen atoms in total. The summed E-state index contributed by atoms with van der Waals surface area (Å²) in [7, 11) is 0. The number of carbonyl (C=O) groups excluding carboxylic acids is 1. The maximum absolute atomic E-state index is 13.1. The molecule has 0 radical (unpaired) electrons. The number of para-hydroxylation sites is 2. The van der Waals surface area contributed by atoms with Gasteiger partial charge in [-0.25, -0.2) is 0 Å². The Balaban J connectivity index is 1.54. The highest BCUT2D eigenvalue weighted by Gasteiger charge is 2.31. The molecule has 1 atom stereocenters. The van der Waals surface area contributed by atoms with Crippen LogP contribution < -0.4 is 9.47 Å². The molecule has 26 heavy (non-hydrogen) atoms. The van der Waals surface area contributed by atoms with E-state index in [1.165, 1.54) is 0 Å². The zero-order chi connectivity index (χ0) is 17.8. The second kappa shape index (κ2) is 7.58. The van der Waals surface area contributed by atoms with Crippen LogP contribution in [0.25, 0.3) is 0 Å². The average Bonchev–Trinajstić information content (AvgIpc) is 3.20. The first-order chi connectivity index (χ1) is 12.8. The van der Waals surface area contributed by atoms with Gasteiger partial charge in [-0.05, 0) is 46.7 Å². The van der Waals surface area contributed by atoms with Gasteiger partial charge in [0.15, 0.2) is 11.5 Å². The molecule has 1 aliphatic rings. The van der Waals surface area contributed by atoms with Gasteiger partial charge in [0.25, 0.3) is 5.91 Å². The van der Waals surface area contributed by atoms with E-state index in [-0.39, 0.29) is 12.5 Å². The highest BCUT2D eigenvalue weighted by molar-refractivity contribution is 7.07. The molecule has 1 aliphatic heterocycles. The minimum absolute atomic E-state index is 0.101. The predicted molar refractivity (Wildman–Crippen MR) is 99.2 cm³/mol. The van der Waals surface area contributed by atoms with E-state index in [2.05, 4.69) is 4.98 Å². The SMILES string of the molecule is O=C([C@@H]1COc2ccccc2O1)N(Cc1ccsc1)Cc1ccccn1. The van der Waals surface area contributed by atoms with E-state index >= 15 is 0 Å². The molecular formula is C20H18N2O3S. The maximum atomic E-state index is 13.1. The summed E-state index contributed by atoms with van der Waals surface area (Å²) in [6.45, 7) is 1.15. The quantitative estimate of drug-likeness (QED) is 0.693. The van der Waals surface area contributed by atoms with Crippen molar-refractivity contribution in [3.8, 4) is 11.5 Å². The molecule has 0 bridgehead atoms. The van der Waals surface area contributed by atoms with Crippen LogP contribution in [0.4, 0.5) is 0 Å². The number of aromatic nitrogens is 1. The van der Waals surface area contributed by atoms with Crippen molar-refractivity contribution in [2.45, 2.75) is 19.2 Å². The summed E-state index contributed by atoms with van der Waals surface area (Å²) in [5, 5.41) is 4.06. The first kappa shape index (κ1) is 16.6. The third-order valence-electron chi connectivity index (χ3n) is 4.13. The lowest BCUT2D eigenvalue weighted by atomic mass is 10.2. The Morgan fingerprint density at radius 3 is 2.73 bits per heavy atom. The standard InChI is InChI=1S/C20H18N2O3S/c23-20(19-13-24-17-6-1-2-7-18(17)25-19)22(11-15-8-10-26-14-15)12-16-5-3-4-9-21-16/h1-10,14,19H,11-13H2/t19-/m0/s1. The molecule has 0 saturated heterocycles. The predicted octanol–water partition coefficient (Wildman–Crippen LogP) is 3.51. The van der Waals surface area contributed by atoms with Crippen molar-refractivity contribution in [1.82, 2.24) is 9.88 Å². The lowest BCUT2D eigenvalue weighted by Crippen LogP contribution is -2.45. The summed E-state index contributed by atoms with van der Waals surface area (Å²) in [4.78, 5) is 19.3. The van der Waals surface area contributed by atoms with Crippen molar-refractivity contribution in [2.24, 2.45) is 0 Å². The molecule has 0 fully saturated rings. The topological polar surface area (TPSA) is 51.7 Å². The van der Waals surface area contributed by atoms with Gasteiger partial charge in [0, 0.05) is 12.7 Å². The number of nitrogens with zero attached hydrogens (tertiary/aromatic N) is 2. The van der Waals surface area contributed by atoms with Gasteiger partial charge >= 0.3 is 0 Å². The minimum atomic E-state index is -0.660. The van der Waals surface area contributed by atoms with Crippen LogP contribution in [0, 0.1) is 0 Å². The van der Waals surface area contributed by atoms with Gasteiger partial charge in [-0.3, -0.25) is 9.78 Å². The number of hydrogen-bond acceptors (Lipinski definition) is 5. The first-order valence-electron chi connectivity index (χ1n) is 8.38. The van der Waals surface area contributed by atoms with Crippen LogP contribution in [-0.2, 0) is 17.9 Å². The zero-order valence-corrected chi connectivity index (χ0v) is 14.9. The summed E-state index contributed by atoms with van der Waals surface area (Å²) in [6.07, 6.45) is 1.08. The Morgan fingerprint density at radius 2 is 1.96 bits per heavy atom. The first-order valence-corrected chi connectivity index (χ1v) is 9.32. The fraction of sp³-hybridized carbons (Fsp3) is 0.200. The van der Waals surface area contributed by atoms with Crippen LogP contribution in [0.15, 0.2) is 65.5 Å². The molecule has 0 N–H and O–H groups in total. The molecule has 1 amide bonds. The van der Waals surface area contributed by atoms with Crippen LogP contribution in [0.2, 0.25) is 0 Å². The van der Waals surface area contributed by atoms with Crippen molar-refractivity contribution in [3.05, 3.63) is 76.7 Å². The van der Waals surface area contributed by atoms with E-state index in [1.807, 2.05) is 59.3 Å². The molecule has 0 spiro atoms. The molecule has 3 aromatic rings. The molecule has 0 aliphatic carbocycles. The molecule has 0 unspecified atom stereocenters. The zero-order valence-electron chi connectivity index (χ0n) is 14.1. The number of carbonyl (C=O) groups is 1. The third kappa shape index (κ3) is 3.70. The van der Waals surface area contributed by atoms with Gasteiger partial charge in [-0.1, -0.05) is 18.2 Å². The Hall–Kier alpha value is -2.86. The summed E-state index contributed by atoms with van der Waals surface area (Å²) in [6, 6.07) is 15.1. The number of fused-ring (bicyclic) bond motifs is 1. The molecule has 2 aromatic heterocycles. The summed E-state index contributed by atoms with van der Waals surface area (Å²) in [5.74, 6) is 1.17. The molecule has 132 valence electrons. The molecule has 6 heteroatoms. The van der Waals surface area contributed by atoms with E-state index in [9.17, 15) is 4.79 Å². The van der Waals surface area contributed by atoms with Crippen molar-refractivity contribution < 1.29 is 14.3 Å². The van der Waals surface area contributed by atoms with E-state index in [1.54, 1.807) is 22.4 Å². The van der Waals surface area contributed by atoms with Crippen LogP contribution in [0.3, 0.4) is 0 Å². The van der Waals surface area contributed by atoms with Gasteiger partial charge < -0.3 is 14.4 Å². The number of benzene rings is 1. The molecule has 3 heterocycles. The molecule has 0 saturated carbocycles. The van der Waals surface area contributed by atoms with Crippen LogP contribution in [0.5, 0.6) is 11.5 Å². The van der Waals surface area contributed by atoms with Crippen molar-refractivity contribution in [2.75, 3.05) is 6.61 Å². The fourth-order valence-electron chi connectivity index (χ4n) is 2.85. The second-order valence-corrected chi connectivity index (χ2v) is 6.79. The third-order valence-corrected chi connectivity index (χ3v) is 4.86. The smallest absolute Gasteiger partial charge is 0.267 e. The van der Waals surface area contributed by atoms with Gasteiger partial charge in [-0.15, -0.1) is 0 Å². The number of ether oxygens (including phenoxy) is 2. The normalized spacial score (nSPS) is 15.5. The van der Waals surface area contributed by atoms with E-state index < -0.39 is 6.10 Å². The van der Waals surface area contributed by atoms with E-state index in [0.29, 0.717) is 24.6 Å². The second-order valence-electron chi connectivity index (χ2n) is 6.01. The average molecular weight is 366 g/mol. The summed E-state index contributed by atoms with van der Waals surface area (Å²) >= 11 is 1.62. The Bertz CT molecular complexity index is 868. The van der Waals surface area contributed by atoms with Gasteiger partial charge in [0.1, 0.15) is 6.61 Å². The van der Waals surface area contributed by atoms with E-state index in [4.69, 9.17) is 9.47 Å². The Morgan fingerprint density at radius 1 is 1.12 bits per heavy atom. The maximum Gasteiger partial charge on any atom is 0.267 e.